The van der Waals surface area contributed by atoms with Gasteiger partial charge in [0.2, 0.25) is 5.82 Å². The molecule has 0 bridgehead atoms. The highest BCUT2D eigenvalue weighted by Crippen LogP contribution is 2.35. The highest BCUT2D eigenvalue weighted by atomic mass is 35.5. The van der Waals surface area contributed by atoms with Crippen molar-refractivity contribution in [1.29, 1.82) is 0 Å². The third-order valence-electron chi connectivity index (χ3n) is 3.89. The molecule has 1 aromatic rings. The quantitative estimate of drug-likeness (QED) is 0.471. The minimum atomic E-state index is -0.713. The number of hydrogen-bond donors (Lipinski definition) is 0. The van der Waals surface area contributed by atoms with Gasteiger partial charge in [0.15, 0.2) is 0 Å². The van der Waals surface area contributed by atoms with Crippen LogP contribution in [0.25, 0.3) is 0 Å². The molecule has 0 aromatic heterocycles. The Morgan fingerprint density at radius 2 is 2.21 bits per heavy atom. The van der Waals surface area contributed by atoms with Crippen LogP contribution in [0.15, 0.2) is 18.2 Å². The van der Waals surface area contributed by atoms with Gasteiger partial charge in [-0.05, 0) is 43.1 Å². The van der Waals surface area contributed by atoms with E-state index in [2.05, 4.69) is 6.92 Å². The highest BCUT2D eigenvalue weighted by molar-refractivity contribution is 6.20. The van der Waals surface area contributed by atoms with Crippen LogP contribution in [-0.4, -0.2) is 10.3 Å². The molecule has 104 valence electrons. The predicted octanol–water partition coefficient (Wildman–Crippen LogP) is 4.32. The summed E-state index contributed by atoms with van der Waals surface area (Å²) in [5, 5.41) is 10.8. The second-order valence-corrected chi connectivity index (χ2v) is 5.97. The maximum absolute atomic E-state index is 14.0. The number of hydrogen-bond acceptors (Lipinski definition) is 2. The summed E-state index contributed by atoms with van der Waals surface area (Å²) in [6, 6.07) is 4.35. The molecule has 0 spiro atoms. The molecule has 3 nitrogen and oxygen atoms in total. The van der Waals surface area contributed by atoms with Crippen molar-refractivity contribution in [2.75, 3.05) is 0 Å². The first-order chi connectivity index (χ1) is 8.99. The molecule has 19 heavy (non-hydrogen) atoms. The van der Waals surface area contributed by atoms with Crippen molar-refractivity contribution in [1.82, 2.24) is 0 Å². The van der Waals surface area contributed by atoms with Crippen LogP contribution in [0.5, 0.6) is 0 Å². The summed E-state index contributed by atoms with van der Waals surface area (Å²) < 4.78 is 14.0. The van der Waals surface area contributed by atoms with Gasteiger partial charge in [-0.3, -0.25) is 10.1 Å². The van der Waals surface area contributed by atoms with Gasteiger partial charge < -0.3 is 0 Å². The van der Waals surface area contributed by atoms with E-state index in [0.717, 1.165) is 19.3 Å². The fourth-order valence-corrected chi connectivity index (χ4v) is 3.14. The van der Waals surface area contributed by atoms with Crippen LogP contribution in [-0.2, 0) is 6.42 Å². The molecular weight excluding hydrogens is 269 g/mol. The smallest absolute Gasteiger partial charge is 0.258 e. The number of nitro groups is 1. The molecule has 1 saturated carbocycles. The van der Waals surface area contributed by atoms with E-state index in [9.17, 15) is 14.5 Å². The van der Waals surface area contributed by atoms with Gasteiger partial charge in [0.1, 0.15) is 0 Å². The van der Waals surface area contributed by atoms with Crippen molar-refractivity contribution < 1.29 is 9.31 Å². The van der Waals surface area contributed by atoms with Gasteiger partial charge in [-0.25, -0.2) is 0 Å². The van der Waals surface area contributed by atoms with E-state index < -0.39 is 16.4 Å². The van der Waals surface area contributed by atoms with Crippen LogP contribution >= 0.6 is 11.6 Å². The summed E-state index contributed by atoms with van der Waals surface area (Å²) in [7, 11) is 0. The first-order valence-electron chi connectivity index (χ1n) is 6.55. The molecule has 0 saturated heterocycles. The number of nitrogens with zero attached hydrogens (tertiary/aromatic N) is 1. The summed E-state index contributed by atoms with van der Waals surface area (Å²) >= 11 is 6.30. The molecule has 3 atom stereocenters. The molecule has 0 aliphatic heterocycles. The molecule has 0 amide bonds. The predicted molar refractivity (Wildman–Crippen MR) is 72.9 cm³/mol. The second-order valence-electron chi connectivity index (χ2n) is 5.41. The topological polar surface area (TPSA) is 43.1 Å². The Morgan fingerprint density at radius 1 is 1.47 bits per heavy atom. The van der Waals surface area contributed by atoms with Crippen LogP contribution in [0.2, 0.25) is 0 Å². The first-order valence-corrected chi connectivity index (χ1v) is 6.98. The Bertz CT molecular complexity index is 481. The van der Waals surface area contributed by atoms with Gasteiger partial charge in [-0.15, -0.1) is 11.6 Å². The van der Waals surface area contributed by atoms with E-state index in [1.54, 1.807) is 6.07 Å². The van der Waals surface area contributed by atoms with E-state index in [0.29, 0.717) is 17.9 Å². The number of halogens is 2. The fourth-order valence-electron chi connectivity index (χ4n) is 2.82. The Labute approximate surface area is 116 Å². The van der Waals surface area contributed by atoms with E-state index in [1.165, 1.54) is 12.1 Å². The van der Waals surface area contributed by atoms with Crippen molar-refractivity contribution in [3.63, 3.8) is 0 Å². The maximum Gasteiger partial charge on any atom is 0.305 e. The Hall–Kier alpha value is -1.16. The number of alkyl halides is 1. The normalized spacial score (nSPS) is 27.2. The largest absolute Gasteiger partial charge is 0.305 e. The summed E-state index contributed by atoms with van der Waals surface area (Å²) in [5.74, 6) is 0.0678. The third kappa shape index (κ3) is 3.24. The Balaban J connectivity index is 2.19. The molecule has 1 aromatic carbocycles. The summed E-state index contributed by atoms with van der Waals surface area (Å²) in [4.78, 5) is 10.0. The molecule has 0 N–H and O–H groups in total. The molecule has 1 aliphatic carbocycles. The van der Waals surface area contributed by atoms with Crippen LogP contribution in [0.1, 0.15) is 31.7 Å². The summed E-state index contributed by atoms with van der Waals surface area (Å²) in [5.41, 5.74) is -0.0496. The lowest BCUT2D eigenvalue weighted by Gasteiger charge is -2.31. The van der Waals surface area contributed by atoms with Gasteiger partial charge >= 0.3 is 5.69 Å². The molecule has 3 unspecified atom stereocenters. The lowest BCUT2D eigenvalue weighted by atomic mass is 9.79. The van der Waals surface area contributed by atoms with Gasteiger partial charge in [-0.1, -0.05) is 19.1 Å². The second kappa shape index (κ2) is 5.87. The molecule has 5 heteroatoms. The van der Waals surface area contributed by atoms with E-state index in [1.807, 2.05) is 0 Å². The van der Waals surface area contributed by atoms with Crippen molar-refractivity contribution in [2.45, 2.75) is 38.0 Å². The molecule has 2 rings (SSSR count). The van der Waals surface area contributed by atoms with Gasteiger partial charge in [0.05, 0.1) is 4.92 Å². The zero-order chi connectivity index (χ0) is 14.0. The zero-order valence-electron chi connectivity index (χ0n) is 10.8. The van der Waals surface area contributed by atoms with Crippen LogP contribution in [0.3, 0.4) is 0 Å². The molecule has 0 heterocycles. The molecule has 0 radical (unpaired) electrons. The maximum atomic E-state index is 14.0. The van der Waals surface area contributed by atoms with Crippen molar-refractivity contribution in [3.8, 4) is 0 Å². The van der Waals surface area contributed by atoms with Crippen LogP contribution < -0.4 is 0 Å². The lowest BCUT2D eigenvalue weighted by Crippen LogP contribution is -2.26. The average Bonchev–Trinajstić information content (AvgIpc) is 2.36. The average molecular weight is 286 g/mol. The first kappa shape index (κ1) is 14.3. The van der Waals surface area contributed by atoms with Gasteiger partial charge in [0, 0.05) is 11.4 Å². The zero-order valence-corrected chi connectivity index (χ0v) is 11.6. The van der Waals surface area contributed by atoms with Crippen LogP contribution in [0, 0.1) is 27.8 Å². The number of nitro benzene ring substituents is 1. The van der Waals surface area contributed by atoms with Gasteiger partial charge in [0.25, 0.3) is 0 Å². The fraction of sp³-hybridized carbons (Fsp3) is 0.571. The highest BCUT2D eigenvalue weighted by Gasteiger charge is 2.29. The van der Waals surface area contributed by atoms with Crippen molar-refractivity contribution in [3.05, 3.63) is 39.7 Å². The molecule has 1 fully saturated rings. The van der Waals surface area contributed by atoms with Crippen molar-refractivity contribution in [2.24, 2.45) is 11.8 Å². The molecular formula is C14H17ClFNO2. The SMILES string of the molecule is CC1CCC(Cl)C(Cc2cccc([N+](=O)[O-])c2F)C1. The minimum absolute atomic E-state index is 0.0369. The third-order valence-corrected chi connectivity index (χ3v) is 4.46. The summed E-state index contributed by atoms with van der Waals surface area (Å²) in [6.45, 7) is 2.17. The van der Waals surface area contributed by atoms with E-state index >= 15 is 0 Å². The van der Waals surface area contributed by atoms with E-state index in [4.69, 9.17) is 11.6 Å². The summed E-state index contributed by atoms with van der Waals surface area (Å²) in [6.07, 6.45) is 3.47. The lowest BCUT2D eigenvalue weighted by molar-refractivity contribution is -0.387. The minimum Gasteiger partial charge on any atom is -0.258 e. The van der Waals surface area contributed by atoms with Crippen molar-refractivity contribution >= 4 is 17.3 Å². The van der Waals surface area contributed by atoms with Crippen LogP contribution in [0.4, 0.5) is 10.1 Å². The molecule has 1 aliphatic rings. The number of benzene rings is 1. The van der Waals surface area contributed by atoms with E-state index in [-0.39, 0.29) is 11.3 Å². The van der Waals surface area contributed by atoms with Gasteiger partial charge in [-0.2, -0.15) is 4.39 Å². The Kier molecular flexibility index (Phi) is 4.40. The monoisotopic (exact) mass is 285 g/mol. The Morgan fingerprint density at radius 3 is 2.89 bits per heavy atom. The standard InChI is InChI=1S/C14H17ClFNO2/c1-9-5-6-12(15)11(7-9)8-10-3-2-4-13(14(10)16)17(18)19/h2-4,9,11-12H,5-8H2,1H3. The number of rotatable bonds is 3.